The third-order valence-electron chi connectivity index (χ3n) is 1.58. The van der Waals surface area contributed by atoms with Gasteiger partial charge in [-0.05, 0) is 34.7 Å². The molecular formula is C10H6Cl4IN3. The van der Waals surface area contributed by atoms with Crippen LogP contribution in [0.15, 0.2) is 24.5 Å². The molecule has 96 valence electrons. The molecule has 2 N–H and O–H groups in total. The van der Waals surface area contributed by atoms with Crippen LogP contribution in [-0.2, 0) is 0 Å². The fraction of sp³-hybridized carbons (Fsp3) is 0. The van der Waals surface area contributed by atoms with Gasteiger partial charge in [-0.2, -0.15) is 0 Å². The lowest BCUT2D eigenvalue weighted by Crippen LogP contribution is -1.85. The van der Waals surface area contributed by atoms with Gasteiger partial charge in [0.2, 0.25) is 0 Å². The second-order valence-corrected chi connectivity index (χ2v) is 5.74. The summed E-state index contributed by atoms with van der Waals surface area (Å²) >= 11 is 24.3. The molecule has 0 aliphatic carbocycles. The SMILES string of the molecule is Clc1cc(I)cnc1Cl.Nc1cnc(Cl)c(Cl)c1. The van der Waals surface area contributed by atoms with E-state index in [1.807, 2.05) is 0 Å². The topological polar surface area (TPSA) is 51.8 Å². The summed E-state index contributed by atoms with van der Waals surface area (Å²) in [5.74, 6) is 0. The average molecular weight is 437 g/mol. The van der Waals surface area contributed by atoms with Gasteiger partial charge >= 0.3 is 0 Å². The Bertz CT molecular complexity index is 501. The van der Waals surface area contributed by atoms with E-state index in [1.165, 1.54) is 6.20 Å². The molecular weight excluding hydrogens is 431 g/mol. The van der Waals surface area contributed by atoms with E-state index < -0.39 is 0 Å². The minimum absolute atomic E-state index is 0.283. The lowest BCUT2D eigenvalue weighted by atomic mass is 10.4. The number of aromatic nitrogens is 2. The number of nitrogen functional groups attached to an aromatic ring is 1. The van der Waals surface area contributed by atoms with E-state index in [-0.39, 0.29) is 5.15 Å². The molecule has 2 aromatic heterocycles. The van der Waals surface area contributed by atoms with Gasteiger partial charge in [0, 0.05) is 9.77 Å². The summed E-state index contributed by atoms with van der Waals surface area (Å²) in [4.78, 5) is 7.49. The molecule has 3 nitrogen and oxygen atoms in total. The zero-order chi connectivity index (χ0) is 13.7. The molecule has 0 unspecified atom stereocenters. The van der Waals surface area contributed by atoms with Gasteiger partial charge in [0.25, 0.3) is 0 Å². The minimum atomic E-state index is 0.283. The molecule has 0 aliphatic rings. The van der Waals surface area contributed by atoms with Crippen molar-refractivity contribution in [3.8, 4) is 0 Å². The molecule has 2 rings (SSSR count). The lowest BCUT2D eigenvalue weighted by Gasteiger charge is -1.93. The van der Waals surface area contributed by atoms with Crippen LogP contribution in [0.1, 0.15) is 0 Å². The maximum atomic E-state index is 5.61. The van der Waals surface area contributed by atoms with Crippen molar-refractivity contribution in [2.45, 2.75) is 0 Å². The number of anilines is 1. The van der Waals surface area contributed by atoms with Crippen molar-refractivity contribution < 1.29 is 0 Å². The highest BCUT2D eigenvalue weighted by Gasteiger charge is 1.96. The van der Waals surface area contributed by atoms with E-state index in [4.69, 9.17) is 52.1 Å². The van der Waals surface area contributed by atoms with Crippen molar-refractivity contribution in [1.29, 1.82) is 0 Å². The first-order chi connectivity index (χ1) is 8.40. The van der Waals surface area contributed by atoms with Crippen LogP contribution >= 0.6 is 69.0 Å². The predicted octanol–water partition coefficient (Wildman–Crippen LogP) is 4.96. The van der Waals surface area contributed by atoms with Crippen molar-refractivity contribution >= 4 is 74.7 Å². The molecule has 8 heteroatoms. The quantitative estimate of drug-likeness (QED) is 0.469. The number of hydrogen-bond acceptors (Lipinski definition) is 3. The highest BCUT2D eigenvalue weighted by Crippen LogP contribution is 2.20. The fourth-order valence-electron chi connectivity index (χ4n) is 0.834. The monoisotopic (exact) mass is 435 g/mol. The second-order valence-electron chi connectivity index (χ2n) is 2.97. The standard InChI is InChI=1S/C5H2Cl2IN.C5H4Cl2N2/c2*6-4-1-3(8)2-9-5(4)7/h1-2H;1-2H,8H2. The Hall–Kier alpha value is -0.0100. The summed E-state index contributed by atoms with van der Waals surface area (Å²) < 4.78 is 0.988. The number of nitrogens with zero attached hydrogens (tertiary/aromatic N) is 2. The Kier molecular flexibility index (Phi) is 6.73. The molecule has 0 fully saturated rings. The maximum absolute atomic E-state index is 5.61. The van der Waals surface area contributed by atoms with Gasteiger partial charge in [-0.3, -0.25) is 0 Å². The molecule has 0 spiro atoms. The van der Waals surface area contributed by atoms with Gasteiger partial charge in [0.15, 0.2) is 0 Å². The van der Waals surface area contributed by atoms with E-state index >= 15 is 0 Å². The van der Waals surface area contributed by atoms with Crippen molar-refractivity contribution in [3.63, 3.8) is 0 Å². The molecule has 0 amide bonds. The van der Waals surface area contributed by atoms with Crippen LogP contribution in [0.25, 0.3) is 0 Å². The molecule has 0 aromatic carbocycles. The number of nitrogens with two attached hydrogens (primary N) is 1. The normalized spacial score (nSPS) is 9.61. The van der Waals surface area contributed by atoms with Crippen molar-refractivity contribution in [2.75, 3.05) is 5.73 Å². The first-order valence-electron chi connectivity index (χ1n) is 4.43. The molecule has 2 aromatic rings. The number of rotatable bonds is 0. The number of hydrogen-bond donors (Lipinski definition) is 1. The molecule has 0 saturated carbocycles. The highest BCUT2D eigenvalue weighted by molar-refractivity contribution is 14.1. The van der Waals surface area contributed by atoms with Crippen LogP contribution < -0.4 is 5.73 Å². The third kappa shape index (κ3) is 5.32. The summed E-state index contributed by atoms with van der Waals surface area (Å²) in [5, 5.41) is 1.53. The Morgan fingerprint density at radius 3 is 1.78 bits per heavy atom. The third-order valence-corrected chi connectivity index (χ3v) is 3.54. The first-order valence-corrected chi connectivity index (χ1v) is 7.02. The van der Waals surface area contributed by atoms with Gasteiger partial charge in [-0.25, -0.2) is 9.97 Å². The summed E-state index contributed by atoms with van der Waals surface area (Å²) in [5.41, 5.74) is 5.84. The van der Waals surface area contributed by atoms with Gasteiger partial charge in [0.05, 0.1) is 21.9 Å². The fourth-order valence-corrected chi connectivity index (χ4v) is 2.02. The molecule has 18 heavy (non-hydrogen) atoms. The predicted molar refractivity (Wildman–Crippen MR) is 85.6 cm³/mol. The Labute approximate surface area is 138 Å². The Balaban J connectivity index is 0.000000180. The van der Waals surface area contributed by atoms with Crippen molar-refractivity contribution in [2.24, 2.45) is 0 Å². The summed E-state index contributed by atoms with van der Waals surface area (Å²) in [6.07, 6.45) is 3.11. The van der Waals surface area contributed by atoms with Crippen LogP contribution in [0.5, 0.6) is 0 Å². The highest BCUT2D eigenvalue weighted by atomic mass is 127. The van der Waals surface area contributed by atoms with Gasteiger partial charge in [-0.1, -0.05) is 46.4 Å². The number of pyridine rings is 2. The van der Waals surface area contributed by atoms with Crippen LogP contribution in [-0.4, -0.2) is 9.97 Å². The molecule has 0 saturated heterocycles. The van der Waals surface area contributed by atoms with Crippen LogP contribution in [0.3, 0.4) is 0 Å². The van der Waals surface area contributed by atoms with E-state index in [0.29, 0.717) is 20.9 Å². The van der Waals surface area contributed by atoms with Gasteiger partial charge < -0.3 is 5.73 Å². The summed E-state index contributed by atoms with van der Waals surface area (Å²) in [6.45, 7) is 0. The zero-order valence-electron chi connectivity index (χ0n) is 8.67. The average Bonchev–Trinajstić information content (AvgIpc) is 2.30. The minimum Gasteiger partial charge on any atom is -0.397 e. The lowest BCUT2D eigenvalue weighted by molar-refractivity contribution is 1.31. The smallest absolute Gasteiger partial charge is 0.147 e. The van der Waals surface area contributed by atoms with Crippen molar-refractivity contribution in [3.05, 3.63) is 48.4 Å². The Morgan fingerprint density at radius 1 is 0.889 bits per heavy atom. The van der Waals surface area contributed by atoms with Gasteiger partial charge in [-0.15, -0.1) is 0 Å². The van der Waals surface area contributed by atoms with E-state index in [2.05, 4.69) is 32.6 Å². The zero-order valence-corrected chi connectivity index (χ0v) is 13.9. The number of halogens is 5. The molecule has 0 bridgehead atoms. The molecule has 0 aliphatic heterocycles. The molecule has 2 heterocycles. The van der Waals surface area contributed by atoms with Crippen LogP contribution in [0, 0.1) is 3.57 Å². The van der Waals surface area contributed by atoms with Crippen LogP contribution in [0.4, 0.5) is 5.69 Å². The first kappa shape index (κ1) is 16.0. The Morgan fingerprint density at radius 2 is 1.39 bits per heavy atom. The molecule has 0 radical (unpaired) electrons. The van der Waals surface area contributed by atoms with Crippen molar-refractivity contribution in [1.82, 2.24) is 9.97 Å². The maximum Gasteiger partial charge on any atom is 0.147 e. The summed E-state index contributed by atoms with van der Waals surface area (Å²) in [6, 6.07) is 3.31. The largest absolute Gasteiger partial charge is 0.397 e. The van der Waals surface area contributed by atoms with E-state index in [9.17, 15) is 0 Å². The van der Waals surface area contributed by atoms with E-state index in [0.717, 1.165) is 3.57 Å². The summed E-state index contributed by atoms with van der Waals surface area (Å²) in [7, 11) is 0. The van der Waals surface area contributed by atoms with E-state index in [1.54, 1.807) is 18.3 Å². The molecule has 0 atom stereocenters. The second kappa shape index (κ2) is 7.55. The van der Waals surface area contributed by atoms with Gasteiger partial charge in [0.1, 0.15) is 10.3 Å². The van der Waals surface area contributed by atoms with Crippen LogP contribution in [0.2, 0.25) is 20.4 Å².